The Morgan fingerprint density at radius 2 is 1.15 bits per heavy atom. The number of para-hydroxylation sites is 3. The average Bonchev–Trinajstić information content (AvgIpc) is 3.70. The third-order valence-corrected chi connectivity index (χ3v) is 10.4. The normalized spacial score (nSPS) is 14.3. The highest BCUT2D eigenvalue weighted by Gasteiger charge is 2.25. The van der Waals surface area contributed by atoms with Gasteiger partial charge in [0.25, 0.3) is 0 Å². The first-order chi connectivity index (χ1) is 23.3. The molecule has 7 aromatic carbocycles. The van der Waals surface area contributed by atoms with Gasteiger partial charge in [-0.25, -0.2) is 0 Å². The summed E-state index contributed by atoms with van der Waals surface area (Å²) in [5, 5.41) is 9.37. The number of furan rings is 2. The molecule has 1 fully saturated rings. The predicted octanol–water partition coefficient (Wildman–Crippen LogP) is 13.3. The first kappa shape index (κ1) is 26.7. The van der Waals surface area contributed by atoms with Crippen LogP contribution in [0.2, 0.25) is 0 Å². The number of nitrogens with zero attached hydrogens (tertiary/aromatic N) is 1. The van der Waals surface area contributed by atoms with E-state index in [0.29, 0.717) is 5.92 Å². The highest BCUT2D eigenvalue weighted by molar-refractivity contribution is 6.24. The molecule has 0 saturated heterocycles. The van der Waals surface area contributed by atoms with Gasteiger partial charge < -0.3 is 13.7 Å². The fourth-order valence-corrected chi connectivity index (χ4v) is 8.22. The van der Waals surface area contributed by atoms with Crippen molar-refractivity contribution in [2.24, 2.45) is 0 Å². The number of anilines is 3. The van der Waals surface area contributed by atoms with E-state index in [0.717, 1.165) is 60.9 Å². The van der Waals surface area contributed by atoms with Crippen LogP contribution in [0.15, 0.2) is 142 Å². The van der Waals surface area contributed by atoms with Crippen molar-refractivity contribution in [3.8, 4) is 0 Å². The molecule has 0 atom stereocenters. The van der Waals surface area contributed by atoms with Gasteiger partial charge in [-0.1, -0.05) is 116 Å². The maximum Gasteiger partial charge on any atom is 0.159 e. The molecule has 226 valence electrons. The van der Waals surface area contributed by atoms with Crippen molar-refractivity contribution in [1.82, 2.24) is 0 Å². The number of rotatable bonds is 4. The minimum absolute atomic E-state index is 0.553. The minimum Gasteiger partial charge on any atom is -0.456 e. The van der Waals surface area contributed by atoms with Crippen LogP contribution in [0.5, 0.6) is 0 Å². The Bertz CT molecular complexity index is 2620. The quantitative estimate of drug-likeness (QED) is 0.199. The summed E-state index contributed by atoms with van der Waals surface area (Å²) >= 11 is 0. The summed E-state index contributed by atoms with van der Waals surface area (Å²) in [4.78, 5) is 2.36. The molecule has 0 spiro atoms. The van der Waals surface area contributed by atoms with Crippen LogP contribution in [-0.4, -0.2) is 0 Å². The lowest BCUT2D eigenvalue weighted by atomic mass is 9.83. The molecule has 1 aliphatic carbocycles. The highest BCUT2D eigenvalue weighted by atomic mass is 16.3. The van der Waals surface area contributed by atoms with Gasteiger partial charge in [0, 0.05) is 38.7 Å². The Hall–Kier alpha value is -5.54. The van der Waals surface area contributed by atoms with Gasteiger partial charge in [-0.05, 0) is 70.8 Å². The first-order valence-corrected chi connectivity index (χ1v) is 16.9. The van der Waals surface area contributed by atoms with Gasteiger partial charge in [-0.2, -0.15) is 0 Å². The van der Waals surface area contributed by atoms with E-state index in [1.54, 1.807) is 0 Å². The molecule has 0 radical (unpaired) electrons. The van der Waals surface area contributed by atoms with Gasteiger partial charge >= 0.3 is 0 Å². The van der Waals surface area contributed by atoms with Crippen LogP contribution in [0.1, 0.15) is 43.6 Å². The Balaban J connectivity index is 1.27. The molecule has 0 N–H and O–H groups in total. The molecule has 0 unspecified atom stereocenters. The Morgan fingerprint density at radius 1 is 0.468 bits per heavy atom. The summed E-state index contributed by atoms with van der Waals surface area (Å²) in [5.74, 6) is 0.553. The Kier molecular flexibility index (Phi) is 5.95. The molecule has 0 bridgehead atoms. The van der Waals surface area contributed by atoms with Crippen molar-refractivity contribution in [1.29, 1.82) is 0 Å². The van der Waals surface area contributed by atoms with Gasteiger partial charge in [0.2, 0.25) is 0 Å². The zero-order chi connectivity index (χ0) is 30.9. The van der Waals surface area contributed by atoms with Gasteiger partial charge in [-0.3, -0.25) is 0 Å². The highest BCUT2D eigenvalue weighted by Crippen LogP contribution is 2.48. The second-order valence-corrected chi connectivity index (χ2v) is 13.1. The van der Waals surface area contributed by atoms with E-state index in [1.165, 1.54) is 59.2 Å². The van der Waals surface area contributed by atoms with Crippen molar-refractivity contribution in [2.75, 3.05) is 4.90 Å². The van der Waals surface area contributed by atoms with Gasteiger partial charge in [0.1, 0.15) is 16.7 Å². The van der Waals surface area contributed by atoms with E-state index in [-0.39, 0.29) is 0 Å². The van der Waals surface area contributed by atoms with E-state index in [1.807, 2.05) is 0 Å². The third kappa shape index (κ3) is 4.12. The second kappa shape index (κ2) is 10.5. The summed E-state index contributed by atoms with van der Waals surface area (Å²) < 4.78 is 13.7. The lowest BCUT2D eigenvalue weighted by molar-refractivity contribution is 0.442. The smallest absolute Gasteiger partial charge is 0.159 e. The number of hydrogen-bond acceptors (Lipinski definition) is 3. The maximum atomic E-state index is 7.02. The van der Waals surface area contributed by atoms with Crippen molar-refractivity contribution in [3.63, 3.8) is 0 Å². The molecule has 10 rings (SSSR count). The molecule has 47 heavy (non-hydrogen) atoms. The van der Waals surface area contributed by atoms with Crippen LogP contribution >= 0.6 is 0 Å². The Morgan fingerprint density at radius 3 is 1.98 bits per heavy atom. The largest absolute Gasteiger partial charge is 0.456 e. The van der Waals surface area contributed by atoms with Gasteiger partial charge in [0.05, 0.1) is 11.4 Å². The Labute approximate surface area is 272 Å². The van der Waals surface area contributed by atoms with E-state index in [9.17, 15) is 0 Å². The zero-order valence-corrected chi connectivity index (χ0v) is 26.1. The number of hydrogen-bond donors (Lipinski definition) is 0. The lowest BCUT2D eigenvalue weighted by Gasteiger charge is -2.27. The number of fused-ring (bicyclic) bond motifs is 9. The molecule has 9 aromatic rings. The molecular formula is C44H33NO2. The fourth-order valence-electron chi connectivity index (χ4n) is 8.22. The summed E-state index contributed by atoms with van der Waals surface area (Å²) in [6, 6.07) is 47.9. The van der Waals surface area contributed by atoms with E-state index >= 15 is 0 Å². The molecule has 2 aromatic heterocycles. The molecule has 0 aliphatic heterocycles. The summed E-state index contributed by atoms with van der Waals surface area (Å²) in [6.45, 7) is 0. The number of benzene rings is 7. The second-order valence-electron chi connectivity index (χ2n) is 13.1. The monoisotopic (exact) mass is 607 g/mol. The maximum absolute atomic E-state index is 7.02. The van der Waals surface area contributed by atoms with Crippen molar-refractivity contribution in [2.45, 2.75) is 38.0 Å². The molecule has 1 saturated carbocycles. The van der Waals surface area contributed by atoms with Crippen LogP contribution in [0, 0.1) is 0 Å². The van der Waals surface area contributed by atoms with Crippen molar-refractivity contribution in [3.05, 3.63) is 139 Å². The average molecular weight is 608 g/mol. The molecule has 2 heterocycles. The van der Waals surface area contributed by atoms with E-state index < -0.39 is 0 Å². The lowest BCUT2D eigenvalue weighted by Crippen LogP contribution is -2.10. The van der Waals surface area contributed by atoms with Crippen LogP contribution in [0.4, 0.5) is 17.1 Å². The molecule has 3 heteroatoms. The van der Waals surface area contributed by atoms with Crippen molar-refractivity contribution >= 4 is 82.5 Å². The predicted molar refractivity (Wildman–Crippen MR) is 197 cm³/mol. The zero-order valence-electron chi connectivity index (χ0n) is 26.1. The molecule has 1 aliphatic rings. The van der Waals surface area contributed by atoms with Crippen LogP contribution in [0.3, 0.4) is 0 Å². The van der Waals surface area contributed by atoms with E-state index in [4.69, 9.17) is 8.83 Å². The van der Waals surface area contributed by atoms with E-state index in [2.05, 4.69) is 138 Å². The fraction of sp³-hybridized carbons (Fsp3) is 0.136. The minimum atomic E-state index is 0.553. The SMILES string of the molecule is c1ccc(N(c2cc3oc4cc5ccccc5cc4c3c3ccccc23)c2cccc3c2oc2c(C4CCCCC4)cccc23)cc1. The summed E-state index contributed by atoms with van der Waals surface area (Å²) in [5.41, 5.74) is 8.24. The molecule has 3 nitrogen and oxygen atoms in total. The standard InChI is InChI=1S/C44H33NO2/c1-3-13-28(14-4-1)32-21-11-22-35-36-23-12-24-38(44(36)47-43(32)35)45(31-17-5-2-6-18-31)39-27-41-42(34-20-10-9-19-33(34)39)37-25-29-15-7-8-16-30(29)26-40(37)46-41/h2,5-12,15-28H,1,3-4,13-14H2. The van der Waals surface area contributed by atoms with Crippen LogP contribution in [-0.2, 0) is 0 Å². The topological polar surface area (TPSA) is 29.5 Å². The summed E-state index contributed by atoms with van der Waals surface area (Å²) in [7, 11) is 0. The van der Waals surface area contributed by atoms with Crippen LogP contribution in [0.25, 0.3) is 65.4 Å². The van der Waals surface area contributed by atoms with Gasteiger partial charge in [-0.15, -0.1) is 0 Å². The third-order valence-electron chi connectivity index (χ3n) is 10.4. The molecule has 0 amide bonds. The molecular weight excluding hydrogens is 574 g/mol. The van der Waals surface area contributed by atoms with Crippen molar-refractivity contribution < 1.29 is 8.83 Å². The summed E-state index contributed by atoms with van der Waals surface area (Å²) in [6.07, 6.45) is 6.39. The van der Waals surface area contributed by atoms with Gasteiger partial charge in [0.15, 0.2) is 5.58 Å². The first-order valence-electron chi connectivity index (χ1n) is 16.9. The van der Waals surface area contributed by atoms with Crippen LogP contribution < -0.4 is 4.90 Å².